The Labute approximate surface area is 165 Å². The molecular weight excluding hydrogens is 342 g/mol. The quantitative estimate of drug-likeness (QED) is 0.459. The van der Waals surface area contributed by atoms with Crippen molar-refractivity contribution >= 4 is 0 Å². The van der Waals surface area contributed by atoms with Crippen molar-refractivity contribution in [3.8, 4) is 0 Å². The number of nitrogens with one attached hydrogen (secondary N) is 1. The number of hydrogen-bond donors (Lipinski definition) is 1. The summed E-state index contributed by atoms with van der Waals surface area (Å²) in [6, 6.07) is 4.07. The number of H-pyrrole nitrogens is 1. The summed E-state index contributed by atoms with van der Waals surface area (Å²) in [7, 11) is 0. The predicted molar refractivity (Wildman–Crippen MR) is 108 cm³/mol. The molecule has 0 spiro atoms. The van der Waals surface area contributed by atoms with Gasteiger partial charge in [-0.2, -0.15) is 0 Å². The van der Waals surface area contributed by atoms with Crippen LogP contribution in [0.2, 0.25) is 0 Å². The third-order valence-electron chi connectivity index (χ3n) is 5.27. The van der Waals surface area contributed by atoms with E-state index in [1.54, 1.807) is 0 Å². The minimum absolute atomic E-state index is 0.126. The highest BCUT2D eigenvalue weighted by Crippen LogP contribution is 2.45. The van der Waals surface area contributed by atoms with Crippen molar-refractivity contribution < 1.29 is 18.9 Å². The van der Waals surface area contributed by atoms with Crippen LogP contribution in [0, 0.1) is 0 Å². The van der Waals surface area contributed by atoms with Gasteiger partial charge in [-0.15, -0.1) is 0 Å². The molecule has 27 heavy (non-hydrogen) atoms. The average Bonchev–Trinajstić information content (AvgIpc) is 3.27. The molecule has 2 heterocycles. The zero-order chi connectivity index (χ0) is 19.5. The van der Waals surface area contributed by atoms with Gasteiger partial charge in [0.15, 0.2) is 0 Å². The smallest absolute Gasteiger partial charge is 0.129 e. The summed E-state index contributed by atoms with van der Waals surface area (Å²) >= 11 is 0. The maximum Gasteiger partial charge on any atom is 0.129 e. The van der Waals surface area contributed by atoms with E-state index in [1.807, 2.05) is 12.3 Å². The number of ether oxygens (including phenoxy) is 4. The molecule has 0 amide bonds. The predicted octanol–water partition coefficient (Wildman–Crippen LogP) is 5.03. The molecule has 1 saturated heterocycles. The molecule has 1 fully saturated rings. The molecule has 5 heteroatoms. The van der Waals surface area contributed by atoms with Crippen LogP contribution in [0.25, 0.3) is 0 Å². The van der Waals surface area contributed by atoms with Crippen LogP contribution in [0.15, 0.2) is 18.3 Å². The van der Waals surface area contributed by atoms with E-state index in [2.05, 4.69) is 38.7 Å². The molecule has 0 saturated carbocycles. The lowest BCUT2D eigenvalue weighted by Crippen LogP contribution is -2.48. The Bertz CT molecular complexity index is 493. The van der Waals surface area contributed by atoms with Crippen LogP contribution < -0.4 is 0 Å². The van der Waals surface area contributed by atoms with Crippen molar-refractivity contribution in [1.82, 2.24) is 4.98 Å². The van der Waals surface area contributed by atoms with Gasteiger partial charge in [-0.05, 0) is 38.3 Å². The molecule has 1 aliphatic rings. The minimum Gasteiger partial charge on any atom is -0.379 e. The molecule has 156 valence electrons. The SMILES string of the molecule is CCCCOC[C@H]1OC(c2ccc[nH]2)[C@](C)(OCCCC)[C@@H]1OCCCC. The van der Waals surface area contributed by atoms with Gasteiger partial charge in [-0.25, -0.2) is 0 Å². The molecule has 0 radical (unpaired) electrons. The molecule has 1 unspecified atom stereocenters. The molecule has 0 bridgehead atoms. The first-order chi connectivity index (χ1) is 13.2. The Morgan fingerprint density at radius 2 is 1.74 bits per heavy atom. The molecule has 0 aliphatic carbocycles. The Hall–Kier alpha value is -0.880. The second-order valence-corrected chi connectivity index (χ2v) is 7.64. The molecule has 1 aromatic heterocycles. The molecule has 5 nitrogen and oxygen atoms in total. The van der Waals surface area contributed by atoms with Crippen LogP contribution in [0.3, 0.4) is 0 Å². The summed E-state index contributed by atoms with van der Waals surface area (Å²) < 4.78 is 25.2. The number of unbranched alkanes of at least 4 members (excludes halogenated alkanes) is 3. The Kier molecular flexibility index (Phi) is 9.83. The van der Waals surface area contributed by atoms with E-state index in [0.717, 1.165) is 57.4 Å². The molecule has 0 aromatic carbocycles. The summed E-state index contributed by atoms with van der Waals surface area (Å²) in [5.41, 5.74) is 0.501. The Morgan fingerprint density at radius 1 is 1.04 bits per heavy atom. The van der Waals surface area contributed by atoms with Crippen molar-refractivity contribution in [3.63, 3.8) is 0 Å². The van der Waals surface area contributed by atoms with Crippen molar-refractivity contribution in [2.45, 2.75) is 90.1 Å². The van der Waals surface area contributed by atoms with Gasteiger partial charge in [0.1, 0.15) is 23.9 Å². The van der Waals surface area contributed by atoms with Crippen molar-refractivity contribution in [2.75, 3.05) is 26.4 Å². The number of rotatable bonds is 14. The first-order valence-corrected chi connectivity index (χ1v) is 10.8. The van der Waals surface area contributed by atoms with Gasteiger partial charge < -0.3 is 23.9 Å². The van der Waals surface area contributed by atoms with Crippen LogP contribution in [0.4, 0.5) is 0 Å². The maximum atomic E-state index is 6.47. The first-order valence-electron chi connectivity index (χ1n) is 10.8. The highest BCUT2D eigenvalue weighted by atomic mass is 16.6. The van der Waals surface area contributed by atoms with Crippen LogP contribution >= 0.6 is 0 Å². The fraction of sp³-hybridized carbons (Fsp3) is 0.818. The fourth-order valence-corrected chi connectivity index (χ4v) is 3.58. The van der Waals surface area contributed by atoms with E-state index in [9.17, 15) is 0 Å². The number of aromatic nitrogens is 1. The standard InChI is InChI=1S/C22H39NO4/c1-5-8-14-24-17-19-21(25-15-9-6-2)22(4,26-16-10-7-3)20(27-19)18-12-11-13-23-18/h11-13,19-21,23H,5-10,14-17H2,1-4H3/t19-,20?,21-,22+/m1/s1. The second-order valence-electron chi connectivity index (χ2n) is 7.64. The summed E-state index contributed by atoms with van der Waals surface area (Å²) in [6.45, 7) is 11.4. The van der Waals surface area contributed by atoms with E-state index in [-0.39, 0.29) is 18.3 Å². The third kappa shape index (κ3) is 6.05. The maximum absolute atomic E-state index is 6.47. The molecule has 1 N–H and O–H groups in total. The highest BCUT2D eigenvalue weighted by Gasteiger charge is 2.56. The normalized spacial score (nSPS) is 28.1. The number of hydrogen-bond acceptors (Lipinski definition) is 4. The van der Waals surface area contributed by atoms with Gasteiger partial charge in [0.25, 0.3) is 0 Å². The average molecular weight is 382 g/mol. The highest BCUT2D eigenvalue weighted by molar-refractivity contribution is 5.17. The Morgan fingerprint density at radius 3 is 2.41 bits per heavy atom. The van der Waals surface area contributed by atoms with E-state index >= 15 is 0 Å². The molecule has 1 aliphatic heterocycles. The van der Waals surface area contributed by atoms with E-state index in [0.29, 0.717) is 13.2 Å². The van der Waals surface area contributed by atoms with Gasteiger partial charge in [0, 0.05) is 31.7 Å². The Balaban J connectivity index is 2.16. The summed E-state index contributed by atoms with van der Waals surface area (Å²) in [5.74, 6) is 0. The summed E-state index contributed by atoms with van der Waals surface area (Å²) in [6.07, 6.45) is 7.97. The van der Waals surface area contributed by atoms with E-state index in [1.165, 1.54) is 0 Å². The van der Waals surface area contributed by atoms with E-state index in [4.69, 9.17) is 18.9 Å². The van der Waals surface area contributed by atoms with Gasteiger partial charge in [-0.1, -0.05) is 40.0 Å². The topological polar surface area (TPSA) is 52.7 Å². The van der Waals surface area contributed by atoms with Gasteiger partial charge >= 0.3 is 0 Å². The second kappa shape index (κ2) is 11.8. The number of aromatic amines is 1. The van der Waals surface area contributed by atoms with Gasteiger partial charge in [0.2, 0.25) is 0 Å². The monoisotopic (exact) mass is 381 g/mol. The largest absolute Gasteiger partial charge is 0.379 e. The van der Waals surface area contributed by atoms with Crippen LogP contribution in [0.1, 0.15) is 78.0 Å². The molecule has 4 atom stereocenters. The van der Waals surface area contributed by atoms with Gasteiger partial charge in [-0.3, -0.25) is 0 Å². The van der Waals surface area contributed by atoms with Crippen molar-refractivity contribution in [2.24, 2.45) is 0 Å². The lowest BCUT2D eigenvalue weighted by Gasteiger charge is -2.35. The summed E-state index contributed by atoms with van der Waals surface area (Å²) in [4.78, 5) is 3.31. The van der Waals surface area contributed by atoms with Gasteiger partial charge in [0.05, 0.1) is 6.61 Å². The van der Waals surface area contributed by atoms with Crippen molar-refractivity contribution in [3.05, 3.63) is 24.0 Å². The van der Waals surface area contributed by atoms with E-state index < -0.39 is 5.60 Å². The third-order valence-corrected chi connectivity index (χ3v) is 5.27. The minimum atomic E-state index is -0.535. The lowest BCUT2D eigenvalue weighted by atomic mass is 9.90. The van der Waals surface area contributed by atoms with Crippen LogP contribution in [0.5, 0.6) is 0 Å². The first kappa shape index (κ1) is 22.4. The fourth-order valence-electron chi connectivity index (χ4n) is 3.58. The zero-order valence-electron chi connectivity index (χ0n) is 17.7. The molecule has 2 rings (SSSR count). The molecular formula is C22H39NO4. The summed E-state index contributed by atoms with van der Waals surface area (Å²) in [5, 5.41) is 0. The zero-order valence-corrected chi connectivity index (χ0v) is 17.7. The molecule has 1 aromatic rings. The lowest BCUT2D eigenvalue weighted by molar-refractivity contribution is -0.138. The van der Waals surface area contributed by atoms with Crippen molar-refractivity contribution in [1.29, 1.82) is 0 Å². The van der Waals surface area contributed by atoms with Crippen LogP contribution in [-0.2, 0) is 18.9 Å². The van der Waals surface area contributed by atoms with Crippen LogP contribution in [-0.4, -0.2) is 49.2 Å².